The van der Waals surface area contributed by atoms with E-state index in [4.69, 9.17) is 0 Å². The number of carbonyl (C=O) groups is 1. The van der Waals surface area contributed by atoms with Crippen LogP contribution in [-0.2, 0) is 0 Å². The molecule has 1 aromatic heterocycles. The highest BCUT2D eigenvalue weighted by atomic mass is 19.1. The first-order chi connectivity index (χ1) is 14.2. The number of hydrogen-bond donors (Lipinski definition) is 2. The molecule has 0 bridgehead atoms. The zero-order valence-electron chi connectivity index (χ0n) is 16.4. The Morgan fingerprint density at radius 2 is 1.90 bits per heavy atom. The molecule has 0 spiro atoms. The van der Waals surface area contributed by atoms with Crippen molar-refractivity contribution in [2.24, 2.45) is 0 Å². The van der Waals surface area contributed by atoms with Gasteiger partial charge in [-0.05, 0) is 43.7 Å². The summed E-state index contributed by atoms with van der Waals surface area (Å²) in [6, 6.07) is 14.4. The van der Waals surface area contributed by atoms with Gasteiger partial charge in [0.15, 0.2) is 5.69 Å². The topological polar surface area (TPSA) is 64.3 Å². The molecule has 2 N–H and O–H groups in total. The first kappa shape index (κ1) is 19.4. The number of nitrogens with zero attached hydrogens (tertiary/aromatic N) is 3. The molecule has 0 aliphatic carbocycles. The molecular formula is C22H26FN5O. The lowest BCUT2D eigenvalue weighted by Gasteiger charge is -2.36. The van der Waals surface area contributed by atoms with Crippen LogP contribution in [0.5, 0.6) is 0 Å². The molecule has 6 nitrogen and oxygen atoms in total. The van der Waals surface area contributed by atoms with E-state index in [0.29, 0.717) is 12.2 Å². The molecule has 152 valence electrons. The average molecular weight is 395 g/mol. The van der Waals surface area contributed by atoms with Crippen LogP contribution in [0, 0.1) is 5.82 Å². The van der Waals surface area contributed by atoms with Gasteiger partial charge in [-0.25, -0.2) is 4.39 Å². The highest BCUT2D eigenvalue weighted by Crippen LogP contribution is 2.18. The van der Waals surface area contributed by atoms with Crippen LogP contribution < -0.4 is 10.2 Å². The number of amides is 1. The minimum absolute atomic E-state index is 0.133. The smallest absolute Gasteiger partial charge is 0.272 e. The molecule has 29 heavy (non-hydrogen) atoms. The predicted molar refractivity (Wildman–Crippen MR) is 113 cm³/mol. The molecule has 2 aromatic carbocycles. The van der Waals surface area contributed by atoms with Gasteiger partial charge in [-0.1, -0.05) is 24.3 Å². The first-order valence-electron chi connectivity index (χ1n) is 10.1. The Kier molecular flexibility index (Phi) is 6.05. The normalized spacial score (nSPS) is 15.0. The van der Waals surface area contributed by atoms with Crippen LogP contribution in [-0.4, -0.2) is 60.3 Å². The molecule has 1 saturated heterocycles. The second kappa shape index (κ2) is 9.05. The number of nitrogens with one attached hydrogen (secondary N) is 2. The fraction of sp³-hybridized carbons (Fsp3) is 0.364. The number of benzene rings is 2. The average Bonchev–Trinajstić information content (AvgIpc) is 3.18. The third-order valence-electron chi connectivity index (χ3n) is 5.42. The number of unbranched alkanes of at least 4 members (excludes halogenated alkanes) is 1. The molecule has 1 aliphatic rings. The zero-order valence-corrected chi connectivity index (χ0v) is 16.4. The number of anilines is 1. The van der Waals surface area contributed by atoms with Crippen molar-refractivity contribution in [2.75, 3.05) is 44.2 Å². The van der Waals surface area contributed by atoms with Gasteiger partial charge in [0.1, 0.15) is 5.82 Å². The zero-order chi connectivity index (χ0) is 20.1. The molecular weight excluding hydrogens is 369 g/mol. The highest BCUT2D eigenvalue weighted by molar-refractivity contribution is 6.04. The fourth-order valence-corrected chi connectivity index (χ4v) is 3.79. The predicted octanol–water partition coefficient (Wildman–Crippen LogP) is 3.03. The summed E-state index contributed by atoms with van der Waals surface area (Å²) < 4.78 is 13.4. The molecule has 0 unspecified atom stereocenters. The highest BCUT2D eigenvalue weighted by Gasteiger charge is 2.17. The summed E-state index contributed by atoms with van der Waals surface area (Å²) in [5.74, 6) is -0.319. The summed E-state index contributed by atoms with van der Waals surface area (Å²) in [7, 11) is 0. The third-order valence-corrected chi connectivity index (χ3v) is 5.42. The first-order valence-corrected chi connectivity index (χ1v) is 10.1. The van der Waals surface area contributed by atoms with Gasteiger partial charge in [0.05, 0.1) is 5.52 Å². The monoisotopic (exact) mass is 395 g/mol. The van der Waals surface area contributed by atoms with Gasteiger partial charge in [0.25, 0.3) is 5.91 Å². The van der Waals surface area contributed by atoms with Crippen molar-refractivity contribution >= 4 is 22.5 Å². The quantitative estimate of drug-likeness (QED) is 0.604. The Morgan fingerprint density at radius 1 is 1.07 bits per heavy atom. The van der Waals surface area contributed by atoms with Gasteiger partial charge in [-0.3, -0.25) is 14.8 Å². The van der Waals surface area contributed by atoms with E-state index in [1.165, 1.54) is 6.07 Å². The lowest BCUT2D eigenvalue weighted by atomic mass is 10.2. The SMILES string of the molecule is O=C(NCCCCN1CCN(c2cccc(F)c2)CC1)c1n[nH]c2ccccc12. The number of halogens is 1. The van der Waals surface area contributed by atoms with Gasteiger partial charge >= 0.3 is 0 Å². The van der Waals surface area contributed by atoms with Gasteiger partial charge < -0.3 is 10.2 Å². The molecule has 3 aromatic rings. The number of piperazine rings is 1. The molecule has 4 rings (SSSR count). The molecule has 0 saturated carbocycles. The second-order valence-electron chi connectivity index (χ2n) is 7.39. The number of para-hydroxylation sites is 1. The Labute approximate surface area is 169 Å². The van der Waals surface area contributed by atoms with E-state index in [1.807, 2.05) is 30.3 Å². The molecule has 1 aliphatic heterocycles. The molecule has 1 fully saturated rings. The third kappa shape index (κ3) is 4.74. The summed E-state index contributed by atoms with van der Waals surface area (Å²) in [4.78, 5) is 17.0. The van der Waals surface area contributed by atoms with Gasteiger partial charge in [0.2, 0.25) is 0 Å². The number of aromatic amines is 1. The van der Waals surface area contributed by atoms with E-state index in [1.54, 1.807) is 12.1 Å². The fourth-order valence-electron chi connectivity index (χ4n) is 3.79. The van der Waals surface area contributed by atoms with Crippen molar-refractivity contribution in [1.29, 1.82) is 0 Å². The minimum atomic E-state index is -0.185. The molecule has 0 radical (unpaired) electrons. The molecule has 0 atom stereocenters. The van der Waals surface area contributed by atoms with Crippen molar-refractivity contribution in [3.8, 4) is 0 Å². The summed E-state index contributed by atoms with van der Waals surface area (Å²) in [6.07, 6.45) is 1.96. The molecule has 1 amide bonds. The standard InChI is InChI=1S/C22H26FN5O/c23-17-6-5-7-18(16-17)28-14-12-27(13-15-28)11-4-3-10-24-22(29)21-19-8-1-2-9-20(19)25-26-21/h1-2,5-9,16H,3-4,10-15H2,(H,24,29)(H,25,26). The number of H-pyrrole nitrogens is 1. The van der Waals surface area contributed by atoms with E-state index in [-0.39, 0.29) is 11.7 Å². The molecule has 7 heteroatoms. The van der Waals surface area contributed by atoms with E-state index < -0.39 is 0 Å². The summed E-state index contributed by atoms with van der Waals surface area (Å²) in [6.45, 7) is 5.42. The van der Waals surface area contributed by atoms with Crippen molar-refractivity contribution in [2.45, 2.75) is 12.8 Å². The van der Waals surface area contributed by atoms with E-state index >= 15 is 0 Å². The Hall–Kier alpha value is -2.93. The number of fused-ring (bicyclic) bond motifs is 1. The van der Waals surface area contributed by atoms with Gasteiger partial charge in [-0.2, -0.15) is 5.10 Å². The Morgan fingerprint density at radius 3 is 2.72 bits per heavy atom. The lowest BCUT2D eigenvalue weighted by Crippen LogP contribution is -2.46. The van der Waals surface area contributed by atoms with E-state index in [9.17, 15) is 9.18 Å². The summed E-state index contributed by atoms with van der Waals surface area (Å²) in [5.41, 5.74) is 2.28. The maximum absolute atomic E-state index is 13.4. The van der Waals surface area contributed by atoms with Crippen LogP contribution in [0.25, 0.3) is 10.9 Å². The number of hydrogen-bond acceptors (Lipinski definition) is 4. The van der Waals surface area contributed by atoms with Crippen LogP contribution >= 0.6 is 0 Å². The number of aromatic nitrogens is 2. The lowest BCUT2D eigenvalue weighted by molar-refractivity contribution is 0.0949. The van der Waals surface area contributed by atoms with Crippen LogP contribution in [0.2, 0.25) is 0 Å². The summed E-state index contributed by atoms with van der Waals surface area (Å²) in [5, 5.41) is 10.8. The molecule has 2 heterocycles. The van der Waals surface area contributed by atoms with Crippen LogP contribution in [0.15, 0.2) is 48.5 Å². The Bertz CT molecular complexity index is 965. The number of rotatable bonds is 7. The van der Waals surface area contributed by atoms with Crippen LogP contribution in [0.4, 0.5) is 10.1 Å². The van der Waals surface area contributed by atoms with E-state index in [2.05, 4.69) is 25.3 Å². The minimum Gasteiger partial charge on any atom is -0.369 e. The van der Waals surface area contributed by atoms with Crippen LogP contribution in [0.3, 0.4) is 0 Å². The van der Waals surface area contributed by atoms with E-state index in [0.717, 1.165) is 62.2 Å². The maximum atomic E-state index is 13.4. The summed E-state index contributed by atoms with van der Waals surface area (Å²) >= 11 is 0. The van der Waals surface area contributed by atoms with Crippen molar-refractivity contribution in [1.82, 2.24) is 20.4 Å². The second-order valence-corrected chi connectivity index (χ2v) is 7.39. The van der Waals surface area contributed by atoms with Crippen molar-refractivity contribution < 1.29 is 9.18 Å². The largest absolute Gasteiger partial charge is 0.369 e. The van der Waals surface area contributed by atoms with Gasteiger partial charge in [0, 0.05) is 43.8 Å². The Balaban J connectivity index is 1.15. The van der Waals surface area contributed by atoms with Crippen molar-refractivity contribution in [3.63, 3.8) is 0 Å². The maximum Gasteiger partial charge on any atom is 0.272 e. The van der Waals surface area contributed by atoms with Crippen LogP contribution in [0.1, 0.15) is 23.3 Å². The van der Waals surface area contributed by atoms with Crippen molar-refractivity contribution in [3.05, 3.63) is 60.0 Å². The van der Waals surface area contributed by atoms with Gasteiger partial charge in [-0.15, -0.1) is 0 Å². The number of carbonyl (C=O) groups excluding carboxylic acids is 1.